The predicted octanol–water partition coefficient (Wildman–Crippen LogP) is 3.75. The van der Waals surface area contributed by atoms with E-state index in [1.807, 2.05) is 0 Å². The van der Waals surface area contributed by atoms with Crippen LogP contribution in [-0.4, -0.2) is 28.3 Å². The second-order valence-electron chi connectivity index (χ2n) is 5.76. The average molecular weight is 367 g/mol. The summed E-state index contributed by atoms with van der Waals surface area (Å²) in [6, 6.07) is 12.6. The number of halogens is 1. The number of anilines is 1. The third-order valence-electron chi connectivity index (χ3n) is 3.99. The van der Waals surface area contributed by atoms with E-state index in [-0.39, 0.29) is 11.6 Å². The molecule has 0 spiro atoms. The van der Waals surface area contributed by atoms with Crippen LogP contribution in [0.25, 0.3) is 5.69 Å². The van der Waals surface area contributed by atoms with Crippen LogP contribution in [0.15, 0.2) is 54.7 Å². The van der Waals surface area contributed by atoms with Gasteiger partial charge in [0.15, 0.2) is 0 Å². The van der Waals surface area contributed by atoms with Gasteiger partial charge in [-0.1, -0.05) is 12.1 Å². The van der Waals surface area contributed by atoms with Gasteiger partial charge in [0.1, 0.15) is 11.5 Å². The Kier molecular flexibility index (Phi) is 5.30. The molecule has 1 N–H and O–H groups in total. The fourth-order valence-electron chi connectivity index (χ4n) is 2.60. The lowest BCUT2D eigenvalue weighted by Gasteiger charge is -2.08. The van der Waals surface area contributed by atoms with Crippen LogP contribution in [-0.2, 0) is 4.74 Å². The number of benzene rings is 2. The van der Waals surface area contributed by atoms with Crippen LogP contribution in [0.4, 0.5) is 10.1 Å². The van der Waals surface area contributed by atoms with Crippen molar-refractivity contribution in [1.82, 2.24) is 9.78 Å². The van der Waals surface area contributed by atoms with Gasteiger partial charge in [-0.3, -0.25) is 4.79 Å². The summed E-state index contributed by atoms with van der Waals surface area (Å²) in [5.41, 5.74) is 2.03. The van der Waals surface area contributed by atoms with E-state index in [1.165, 1.54) is 16.9 Å². The van der Waals surface area contributed by atoms with Crippen LogP contribution in [0, 0.1) is 12.7 Å². The molecule has 1 amide bonds. The second kappa shape index (κ2) is 7.82. The fourth-order valence-corrected chi connectivity index (χ4v) is 2.60. The number of hydrogen-bond acceptors (Lipinski definition) is 4. The van der Waals surface area contributed by atoms with Crippen LogP contribution < -0.4 is 5.32 Å². The number of carbonyl (C=O) groups excluding carboxylic acids is 2. The van der Waals surface area contributed by atoms with Gasteiger partial charge in [-0.15, -0.1) is 0 Å². The van der Waals surface area contributed by atoms with Crippen molar-refractivity contribution in [3.63, 3.8) is 0 Å². The standard InChI is InChI=1S/C20H18FN3O3/c1-3-27-20(26)14-8-10-15(11-9-14)23-19(25)16-12-22-24(13(16)2)18-7-5-4-6-17(18)21/h4-12H,3H2,1-2H3,(H,23,25). The van der Waals surface area contributed by atoms with Crippen LogP contribution in [0.2, 0.25) is 0 Å². The molecule has 0 radical (unpaired) electrons. The topological polar surface area (TPSA) is 73.2 Å². The van der Waals surface area contributed by atoms with E-state index in [4.69, 9.17) is 4.74 Å². The summed E-state index contributed by atoms with van der Waals surface area (Å²) in [6.45, 7) is 3.72. The molecule has 0 bridgehead atoms. The molecule has 0 atom stereocenters. The molecule has 3 rings (SSSR count). The first-order valence-electron chi connectivity index (χ1n) is 8.39. The van der Waals surface area contributed by atoms with Crippen LogP contribution in [0.1, 0.15) is 33.3 Å². The summed E-state index contributed by atoms with van der Waals surface area (Å²) in [7, 11) is 0. The van der Waals surface area contributed by atoms with Gasteiger partial charge in [0.2, 0.25) is 0 Å². The van der Waals surface area contributed by atoms with Crippen LogP contribution in [0.3, 0.4) is 0 Å². The lowest BCUT2D eigenvalue weighted by Crippen LogP contribution is -2.13. The highest BCUT2D eigenvalue weighted by Crippen LogP contribution is 2.18. The van der Waals surface area contributed by atoms with E-state index in [1.54, 1.807) is 56.3 Å². The van der Waals surface area contributed by atoms with E-state index in [0.29, 0.717) is 29.1 Å². The van der Waals surface area contributed by atoms with Crippen LogP contribution in [0.5, 0.6) is 0 Å². The maximum Gasteiger partial charge on any atom is 0.338 e. The number of ether oxygens (including phenoxy) is 1. The smallest absolute Gasteiger partial charge is 0.338 e. The molecule has 1 aromatic heterocycles. The number of para-hydroxylation sites is 1. The Morgan fingerprint density at radius 3 is 2.52 bits per heavy atom. The number of esters is 1. The third kappa shape index (κ3) is 3.87. The summed E-state index contributed by atoms with van der Waals surface area (Å²) in [6.07, 6.45) is 1.39. The molecule has 138 valence electrons. The summed E-state index contributed by atoms with van der Waals surface area (Å²) >= 11 is 0. The summed E-state index contributed by atoms with van der Waals surface area (Å²) in [5, 5.41) is 6.86. The SMILES string of the molecule is CCOC(=O)c1ccc(NC(=O)c2cnn(-c3ccccc3F)c2C)cc1. The van der Waals surface area contributed by atoms with Crippen molar-refractivity contribution in [2.75, 3.05) is 11.9 Å². The van der Waals surface area contributed by atoms with Gasteiger partial charge in [-0.2, -0.15) is 5.10 Å². The highest BCUT2D eigenvalue weighted by atomic mass is 19.1. The number of rotatable bonds is 5. The molecule has 27 heavy (non-hydrogen) atoms. The summed E-state index contributed by atoms with van der Waals surface area (Å²) in [4.78, 5) is 24.2. The maximum absolute atomic E-state index is 14.0. The Morgan fingerprint density at radius 2 is 1.85 bits per heavy atom. The van der Waals surface area contributed by atoms with Crippen molar-refractivity contribution in [2.45, 2.75) is 13.8 Å². The van der Waals surface area contributed by atoms with Gasteiger partial charge in [-0.25, -0.2) is 13.9 Å². The normalized spacial score (nSPS) is 10.5. The molecule has 0 saturated carbocycles. The van der Waals surface area contributed by atoms with E-state index >= 15 is 0 Å². The first-order chi connectivity index (χ1) is 13.0. The van der Waals surface area contributed by atoms with E-state index in [0.717, 1.165) is 0 Å². The molecule has 3 aromatic rings. The number of hydrogen-bond donors (Lipinski definition) is 1. The predicted molar refractivity (Wildman–Crippen MR) is 98.6 cm³/mol. The number of nitrogens with zero attached hydrogens (tertiary/aromatic N) is 2. The molecule has 0 aliphatic rings. The number of aromatic nitrogens is 2. The fraction of sp³-hybridized carbons (Fsp3) is 0.150. The van der Waals surface area contributed by atoms with Gasteiger partial charge >= 0.3 is 5.97 Å². The van der Waals surface area contributed by atoms with Crippen molar-refractivity contribution in [2.24, 2.45) is 0 Å². The first kappa shape index (κ1) is 18.3. The number of amides is 1. The van der Waals surface area contributed by atoms with Crippen molar-refractivity contribution >= 4 is 17.6 Å². The lowest BCUT2D eigenvalue weighted by molar-refractivity contribution is 0.0526. The van der Waals surface area contributed by atoms with Crippen LogP contribution >= 0.6 is 0 Å². The third-order valence-corrected chi connectivity index (χ3v) is 3.99. The zero-order valence-electron chi connectivity index (χ0n) is 14.9. The largest absolute Gasteiger partial charge is 0.462 e. The average Bonchev–Trinajstić information content (AvgIpc) is 3.04. The van der Waals surface area contributed by atoms with Gasteiger partial charge in [-0.05, 0) is 50.2 Å². The minimum atomic E-state index is -0.426. The zero-order chi connectivity index (χ0) is 19.4. The maximum atomic E-state index is 14.0. The molecule has 0 aliphatic heterocycles. The van der Waals surface area contributed by atoms with Crippen molar-refractivity contribution in [1.29, 1.82) is 0 Å². The molecule has 0 aliphatic carbocycles. The highest BCUT2D eigenvalue weighted by molar-refractivity contribution is 6.05. The molecule has 0 fully saturated rings. The van der Waals surface area contributed by atoms with E-state index in [2.05, 4.69) is 10.4 Å². The first-order valence-corrected chi connectivity index (χ1v) is 8.39. The van der Waals surface area contributed by atoms with E-state index in [9.17, 15) is 14.0 Å². The Balaban J connectivity index is 1.77. The molecule has 2 aromatic carbocycles. The quantitative estimate of drug-likeness (QED) is 0.697. The van der Waals surface area contributed by atoms with Gasteiger partial charge in [0.25, 0.3) is 5.91 Å². The minimum Gasteiger partial charge on any atom is -0.462 e. The van der Waals surface area contributed by atoms with Crippen molar-refractivity contribution in [3.05, 3.63) is 77.4 Å². The number of carbonyl (C=O) groups is 2. The number of nitrogens with one attached hydrogen (secondary N) is 1. The molecular weight excluding hydrogens is 349 g/mol. The van der Waals surface area contributed by atoms with Crippen molar-refractivity contribution in [3.8, 4) is 5.69 Å². The molecular formula is C20H18FN3O3. The molecule has 6 nitrogen and oxygen atoms in total. The summed E-state index contributed by atoms with van der Waals surface area (Å²) in [5.74, 6) is -1.22. The summed E-state index contributed by atoms with van der Waals surface area (Å²) < 4.78 is 20.3. The minimum absolute atomic E-state index is 0.271. The molecule has 0 unspecified atom stereocenters. The Hall–Kier alpha value is -3.48. The van der Waals surface area contributed by atoms with Crippen molar-refractivity contribution < 1.29 is 18.7 Å². The highest BCUT2D eigenvalue weighted by Gasteiger charge is 2.17. The second-order valence-corrected chi connectivity index (χ2v) is 5.76. The molecule has 7 heteroatoms. The lowest BCUT2D eigenvalue weighted by atomic mass is 10.2. The van der Waals surface area contributed by atoms with Gasteiger partial charge in [0, 0.05) is 5.69 Å². The Bertz CT molecular complexity index is 980. The molecule has 1 heterocycles. The van der Waals surface area contributed by atoms with Gasteiger partial charge in [0.05, 0.1) is 29.6 Å². The molecule has 0 saturated heterocycles. The monoisotopic (exact) mass is 367 g/mol. The Morgan fingerprint density at radius 1 is 1.15 bits per heavy atom. The zero-order valence-corrected chi connectivity index (χ0v) is 14.9. The van der Waals surface area contributed by atoms with E-state index < -0.39 is 11.8 Å². The van der Waals surface area contributed by atoms with Gasteiger partial charge < -0.3 is 10.1 Å². The Labute approximate surface area is 155 Å².